The van der Waals surface area contributed by atoms with E-state index in [9.17, 15) is 9.59 Å². The minimum Gasteiger partial charge on any atom is -0.480 e. The van der Waals surface area contributed by atoms with E-state index in [1.54, 1.807) is 13.8 Å². The zero-order valence-corrected chi connectivity index (χ0v) is 9.28. The van der Waals surface area contributed by atoms with Gasteiger partial charge in [-0.3, -0.25) is 4.79 Å². The van der Waals surface area contributed by atoms with Gasteiger partial charge in [0.05, 0.1) is 0 Å². The van der Waals surface area contributed by atoms with Crippen LogP contribution in [0, 0.1) is 5.92 Å². The second kappa shape index (κ2) is 4.98. The zero-order chi connectivity index (χ0) is 11.4. The van der Waals surface area contributed by atoms with Crippen molar-refractivity contribution in [2.45, 2.75) is 39.7 Å². The number of aliphatic carboxylic acids is 1. The predicted molar refractivity (Wildman–Crippen MR) is 53.9 cm³/mol. The molecular formula is C10H19NO3. The van der Waals surface area contributed by atoms with Crippen molar-refractivity contribution in [3.8, 4) is 0 Å². The maximum atomic E-state index is 11.1. The van der Waals surface area contributed by atoms with Gasteiger partial charge in [-0.25, -0.2) is 4.79 Å². The van der Waals surface area contributed by atoms with Crippen LogP contribution in [0.1, 0.15) is 34.1 Å². The van der Waals surface area contributed by atoms with Crippen LogP contribution in [0.3, 0.4) is 0 Å². The minimum atomic E-state index is -1.08. The molecule has 0 fully saturated rings. The van der Waals surface area contributed by atoms with Crippen LogP contribution in [0.4, 0.5) is 0 Å². The summed E-state index contributed by atoms with van der Waals surface area (Å²) in [6.45, 7) is 7.67. The van der Waals surface area contributed by atoms with Gasteiger partial charge in [0.1, 0.15) is 5.54 Å². The normalized spacial score (nSPS) is 14.9. The Kier molecular flexibility index (Phi) is 4.60. The number of nitrogens with zero attached hydrogens (tertiary/aromatic N) is 1. The van der Waals surface area contributed by atoms with E-state index in [2.05, 4.69) is 0 Å². The maximum absolute atomic E-state index is 11.1. The lowest BCUT2D eigenvalue weighted by molar-refractivity contribution is -0.155. The predicted octanol–water partition coefficient (Wildman–Crippen LogP) is 1.35. The highest BCUT2D eigenvalue weighted by molar-refractivity contribution is 5.80. The van der Waals surface area contributed by atoms with E-state index in [4.69, 9.17) is 5.11 Å². The molecule has 0 saturated carbocycles. The highest BCUT2D eigenvalue weighted by Gasteiger charge is 2.38. The summed E-state index contributed by atoms with van der Waals surface area (Å²) in [5.74, 6) is -0.703. The zero-order valence-electron chi connectivity index (χ0n) is 9.28. The van der Waals surface area contributed by atoms with Crippen molar-refractivity contribution in [2.75, 3.05) is 6.54 Å². The molecule has 4 heteroatoms. The number of carbonyl (C=O) groups is 2. The molecule has 1 amide bonds. The molecule has 82 valence electrons. The lowest BCUT2D eigenvalue weighted by Crippen LogP contribution is -2.52. The average Bonchev–Trinajstić information content (AvgIpc) is 2.04. The molecule has 0 radical (unpaired) electrons. The molecule has 0 rings (SSSR count). The molecule has 0 aromatic carbocycles. The van der Waals surface area contributed by atoms with Crippen molar-refractivity contribution in [3.05, 3.63) is 0 Å². The Labute approximate surface area is 84.9 Å². The Morgan fingerprint density at radius 1 is 1.57 bits per heavy atom. The highest BCUT2D eigenvalue weighted by atomic mass is 16.4. The third-order valence-corrected chi connectivity index (χ3v) is 2.37. The molecule has 0 aliphatic heterocycles. The number of hydrogen-bond donors (Lipinski definition) is 1. The summed E-state index contributed by atoms with van der Waals surface area (Å²) >= 11 is 0. The minimum absolute atomic E-state index is 0.241. The van der Waals surface area contributed by atoms with E-state index < -0.39 is 11.5 Å². The first kappa shape index (κ1) is 12.9. The first-order valence-corrected chi connectivity index (χ1v) is 4.84. The Morgan fingerprint density at radius 3 is 2.29 bits per heavy atom. The van der Waals surface area contributed by atoms with E-state index in [1.807, 2.05) is 13.8 Å². The Morgan fingerprint density at radius 2 is 2.07 bits per heavy atom. The molecule has 1 unspecified atom stereocenters. The molecule has 0 aromatic heterocycles. The monoisotopic (exact) mass is 201 g/mol. The molecule has 0 heterocycles. The maximum Gasteiger partial charge on any atom is 0.329 e. The van der Waals surface area contributed by atoms with Crippen molar-refractivity contribution in [2.24, 2.45) is 5.92 Å². The van der Waals surface area contributed by atoms with Gasteiger partial charge in [0, 0.05) is 6.54 Å². The fourth-order valence-corrected chi connectivity index (χ4v) is 1.66. The van der Waals surface area contributed by atoms with Crippen molar-refractivity contribution in [1.29, 1.82) is 0 Å². The second-order valence-electron chi connectivity index (χ2n) is 4.07. The fourth-order valence-electron chi connectivity index (χ4n) is 1.66. The summed E-state index contributed by atoms with van der Waals surface area (Å²) < 4.78 is 0. The van der Waals surface area contributed by atoms with Crippen LogP contribution in [0.2, 0.25) is 0 Å². The van der Waals surface area contributed by atoms with Gasteiger partial charge in [-0.05, 0) is 26.2 Å². The Bertz CT molecular complexity index is 215. The molecule has 14 heavy (non-hydrogen) atoms. The van der Waals surface area contributed by atoms with Gasteiger partial charge < -0.3 is 10.0 Å². The first-order chi connectivity index (χ1) is 6.38. The van der Waals surface area contributed by atoms with Crippen LogP contribution in [-0.2, 0) is 9.59 Å². The number of carboxylic acids is 1. The van der Waals surface area contributed by atoms with E-state index in [-0.39, 0.29) is 5.92 Å². The molecular weight excluding hydrogens is 182 g/mol. The van der Waals surface area contributed by atoms with Gasteiger partial charge in [0.2, 0.25) is 6.41 Å². The molecule has 0 aromatic rings. The van der Waals surface area contributed by atoms with Crippen LogP contribution in [0.5, 0.6) is 0 Å². The Balaban J connectivity index is 4.86. The summed E-state index contributed by atoms with van der Waals surface area (Å²) in [6, 6.07) is 0. The van der Waals surface area contributed by atoms with Crippen LogP contribution >= 0.6 is 0 Å². The lowest BCUT2D eigenvalue weighted by atomic mass is 9.89. The number of carboxylic acid groups (broad SMARTS) is 1. The van der Waals surface area contributed by atoms with E-state index in [0.29, 0.717) is 19.4 Å². The first-order valence-electron chi connectivity index (χ1n) is 4.84. The highest BCUT2D eigenvalue weighted by Crippen LogP contribution is 2.23. The summed E-state index contributed by atoms with van der Waals surface area (Å²) in [7, 11) is 0. The van der Waals surface area contributed by atoms with Crippen molar-refractivity contribution in [3.63, 3.8) is 0 Å². The largest absolute Gasteiger partial charge is 0.480 e. The van der Waals surface area contributed by atoms with Gasteiger partial charge in [0.15, 0.2) is 0 Å². The number of hydrogen-bond acceptors (Lipinski definition) is 2. The number of likely N-dealkylation sites (N-methyl/N-ethyl adjacent to an activating group) is 1. The number of carbonyl (C=O) groups excluding carboxylic acids is 1. The second-order valence-corrected chi connectivity index (χ2v) is 4.07. The third kappa shape index (κ3) is 2.72. The third-order valence-electron chi connectivity index (χ3n) is 2.37. The summed E-state index contributed by atoms with van der Waals surface area (Å²) in [4.78, 5) is 23.2. The molecule has 0 aliphatic carbocycles. The van der Waals surface area contributed by atoms with Crippen molar-refractivity contribution < 1.29 is 14.7 Å². The standard InChI is InChI=1S/C10H19NO3/c1-5-11(7-12)10(4,9(13)14)6-8(2)3/h7-8H,5-6H2,1-4H3,(H,13,14). The molecule has 0 bridgehead atoms. The van der Waals surface area contributed by atoms with Gasteiger partial charge in [0.25, 0.3) is 0 Å². The van der Waals surface area contributed by atoms with Crippen molar-refractivity contribution >= 4 is 12.4 Å². The average molecular weight is 201 g/mol. The fraction of sp³-hybridized carbons (Fsp3) is 0.800. The quantitative estimate of drug-likeness (QED) is 0.660. The van der Waals surface area contributed by atoms with Crippen molar-refractivity contribution in [1.82, 2.24) is 4.90 Å². The van der Waals surface area contributed by atoms with Gasteiger partial charge >= 0.3 is 5.97 Å². The smallest absolute Gasteiger partial charge is 0.329 e. The topological polar surface area (TPSA) is 57.6 Å². The molecule has 1 N–H and O–H groups in total. The van der Waals surface area contributed by atoms with Crippen LogP contribution in [0.25, 0.3) is 0 Å². The lowest BCUT2D eigenvalue weighted by Gasteiger charge is -2.35. The number of amides is 1. The molecule has 1 atom stereocenters. The van der Waals surface area contributed by atoms with Crippen LogP contribution in [0.15, 0.2) is 0 Å². The molecule has 0 spiro atoms. The van der Waals surface area contributed by atoms with E-state index in [0.717, 1.165) is 0 Å². The number of rotatable bonds is 6. The SMILES string of the molecule is CCN(C=O)C(C)(CC(C)C)C(=O)O. The van der Waals surface area contributed by atoms with Crippen LogP contribution in [-0.4, -0.2) is 34.5 Å². The Hall–Kier alpha value is -1.06. The molecule has 4 nitrogen and oxygen atoms in total. The van der Waals surface area contributed by atoms with Crippen LogP contribution < -0.4 is 0 Å². The van der Waals surface area contributed by atoms with Gasteiger partial charge in [-0.1, -0.05) is 13.8 Å². The summed E-state index contributed by atoms with van der Waals surface area (Å²) in [6.07, 6.45) is 1.07. The molecule has 0 saturated heterocycles. The van der Waals surface area contributed by atoms with Gasteiger partial charge in [-0.2, -0.15) is 0 Å². The van der Waals surface area contributed by atoms with E-state index in [1.165, 1.54) is 4.90 Å². The molecule has 0 aliphatic rings. The van der Waals surface area contributed by atoms with Gasteiger partial charge in [-0.15, -0.1) is 0 Å². The summed E-state index contributed by atoms with van der Waals surface area (Å²) in [5.41, 5.74) is -1.08. The van der Waals surface area contributed by atoms with E-state index >= 15 is 0 Å². The summed E-state index contributed by atoms with van der Waals surface area (Å²) in [5, 5.41) is 9.11.